The van der Waals surface area contributed by atoms with Crippen molar-refractivity contribution in [2.24, 2.45) is 0 Å². The lowest BCUT2D eigenvalue weighted by Crippen LogP contribution is -2.13. The van der Waals surface area contributed by atoms with Crippen LogP contribution < -0.4 is 10.1 Å². The maximum Gasteiger partial charge on any atom is 0.123 e. The van der Waals surface area contributed by atoms with Gasteiger partial charge in [0.15, 0.2) is 0 Å². The summed E-state index contributed by atoms with van der Waals surface area (Å²) < 4.78 is 18.2. The Labute approximate surface area is 117 Å². The van der Waals surface area contributed by atoms with Crippen molar-refractivity contribution in [3.8, 4) is 5.75 Å². The number of ether oxygens (including phenoxy) is 1. The van der Waals surface area contributed by atoms with Crippen LogP contribution >= 0.6 is 11.6 Å². The normalized spacial score (nSPS) is 10.5. The summed E-state index contributed by atoms with van der Waals surface area (Å²) >= 11 is 5.99. The van der Waals surface area contributed by atoms with E-state index in [0.29, 0.717) is 18.1 Å². The average Bonchev–Trinajstić information content (AvgIpc) is 2.43. The molecule has 4 heteroatoms. The van der Waals surface area contributed by atoms with E-state index in [1.165, 1.54) is 12.1 Å². The van der Waals surface area contributed by atoms with E-state index in [2.05, 4.69) is 5.32 Å². The van der Waals surface area contributed by atoms with Crippen molar-refractivity contribution in [1.29, 1.82) is 0 Å². The van der Waals surface area contributed by atoms with Crippen molar-refractivity contribution in [3.05, 3.63) is 64.4 Å². The van der Waals surface area contributed by atoms with Crippen LogP contribution in [0.3, 0.4) is 0 Å². The van der Waals surface area contributed by atoms with E-state index in [4.69, 9.17) is 16.3 Å². The van der Waals surface area contributed by atoms with Crippen LogP contribution in [0.4, 0.5) is 4.39 Å². The van der Waals surface area contributed by atoms with Crippen molar-refractivity contribution in [2.75, 3.05) is 7.11 Å². The highest BCUT2D eigenvalue weighted by atomic mass is 35.5. The fraction of sp³-hybridized carbons (Fsp3) is 0.200. The minimum absolute atomic E-state index is 0.273. The van der Waals surface area contributed by atoms with Crippen LogP contribution in [0.1, 0.15) is 11.1 Å². The van der Waals surface area contributed by atoms with Crippen LogP contribution in [0.25, 0.3) is 0 Å². The van der Waals surface area contributed by atoms with Gasteiger partial charge in [-0.25, -0.2) is 4.39 Å². The number of hydrogen-bond acceptors (Lipinski definition) is 2. The molecule has 0 aromatic heterocycles. The van der Waals surface area contributed by atoms with Gasteiger partial charge >= 0.3 is 0 Å². The molecule has 2 nitrogen and oxygen atoms in total. The Kier molecular flexibility index (Phi) is 4.77. The molecule has 2 aromatic rings. The molecule has 2 aromatic carbocycles. The van der Waals surface area contributed by atoms with E-state index in [-0.39, 0.29) is 5.82 Å². The third-order valence-electron chi connectivity index (χ3n) is 2.81. The molecular weight excluding hydrogens is 265 g/mol. The lowest BCUT2D eigenvalue weighted by Gasteiger charge is -2.07. The summed E-state index contributed by atoms with van der Waals surface area (Å²) in [6, 6.07) is 12.2. The molecule has 0 atom stereocenters. The third kappa shape index (κ3) is 3.94. The molecule has 0 saturated heterocycles. The molecule has 0 unspecified atom stereocenters. The van der Waals surface area contributed by atoms with Gasteiger partial charge in [0.2, 0.25) is 0 Å². The first-order chi connectivity index (χ1) is 9.19. The quantitative estimate of drug-likeness (QED) is 0.899. The highest BCUT2D eigenvalue weighted by Crippen LogP contribution is 2.17. The number of halogens is 2. The minimum Gasteiger partial charge on any atom is -0.497 e. The summed E-state index contributed by atoms with van der Waals surface area (Å²) in [6.07, 6.45) is 0. The monoisotopic (exact) mass is 279 g/mol. The van der Waals surface area contributed by atoms with E-state index in [1.807, 2.05) is 24.3 Å². The summed E-state index contributed by atoms with van der Waals surface area (Å²) in [5.74, 6) is 0.558. The van der Waals surface area contributed by atoms with Crippen LogP contribution in [-0.2, 0) is 13.1 Å². The second-order valence-corrected chi connectivity index (χ2v) is 4.59. The summed E-state index contributed by atoms with van der Waals surface area (Å²) in [6.45, 7) is 1.22. The van der Waals surface area contributed by atoms with Crippen LogP contribution in [0.5, 0.6) is 5.75 Å². The van der Waals surface area contributed by atoms with E-state index in [1.54, 1.807) is 13.2 Å². The number of methoxy groups -OCH3 is 1. The van der Waals surface area contributed by atoms with Gasteiger partial charge in [0.25, 0.3) is 0 Å². The first-order valence-corrected chi connectivity index (χ1v) is 6.34. The lowest BCUT2D eigenvalue weighted by molar-refractivity contribution is 0.414. The molecule has 0 spiro atoms. The Morgan fingerprint density at radius 3 is 2.53 bits per heavy atom. The van der Waals surface area contributed by atoms with E-state index >= 15 is 0 Å². The molecule has 0 aliphatic rings. The zero-order valence-electron chi connectivity index (χ0n) is 10.6. The van der Waals surface area contributed by atoms with Crippen LogP contribution in [-0.4, -0.2) is 7.11 Å². The molecule has 0 aliphatic heterocycles. The summed E-state index contributed by atoms with van der Waals surface area (Å²) in [7, 11) is 1.64. The molecule has 0 radical (unpaired) electrons. The van der Waals surface area contributed by atoms with Crippen molar-refractivity contribution in [1.82, 2.24) is 5.32 Å². The molecule has 1 N–H and O–H groups in total. The standard InChI is InChI=1S/C15H15ClFNO/c1-19-14-5-2-11(3-6-14)9-18-10-12-8-13(17)4-7-15(12)16/h2-8,18H,9-10H2,1H3. The number of hydrogen-bond donors (Lipinski definition) is 1. The van der Waals surface area contributed by atoms with Gasteiger partial charge in [0, 0.05) is 18.1 Å². The fourth-order valence-corrected chi connectivity index (χ4v) is 1.95. The fourth-order valence-electron chi connectivity index (χ4n) is 1.76. The molecule has 19 heavy (non-hydrogen) atoms. The molecule has 0 bridgehead atoms. The van der Waals surface area contributed by atoms with E-state index < -0.39 is 0 Å². The summed E-state index contributed by atoms with van der Waals surface area (Å²) in [4.78, 5) is 0. The SMILES string of the molecule is COc1ccc(CNCc2cc(F)ccc2Cl)cc1. The molecule has 0 aliphatic carbocycles. The summed E-state index contributed by atoms with van der Waals surface area (Å²) in [5.41, 5.74) is 1.89. The topological polar surface area (TPSA) is 21.3 Å². The predicted octanol–water partition coefficient (Wildman–Crippen LogP) is 3.78. The molecule has 0 fully saturated rings. The Morgan fingerprint density at radius 2 is 1.84 bits per heavy atom. The Balaban J connectivity index is 1.90. The van der Waals surface area contributed by atoms with Crippen molar-refractivity contribution >= 4 is 11.6 Å². The van der Waals surface area contributed by atoms with Crippen molar-refractivity contribution < 1.29 is 9.13 Å². The molecule has 100 valence electrons. The second kappa shape index (κ2) is 6.55. The Hall–Kier alpha value is -1.58. The van der Waals surface area contributed by atoms with Gasteiger partial charge in [-0.05, 0) is 41.5 Å². The van der Waals surface area contributed by atoms with Crippen LogP contribution in [0, 0.1) is 5.82 Å². The maximum atomic E-state index is 13.1. The van der Waals surface area contributed by atoms with Gasteiger partial charge in [0.05, 0.1) is 7.11 Å². The molecule has 0 saturated carbocycles. The highest BCUT2D eigenvalue weighted by molar-refractivity contribution is 6.31. The van der Waals surface area contributed by atoms with E-state index in [0.717, 1.165) is 16.9 Å². The summed E-state index contributed by atoms with van der Waals surface area (Å²) in [5, 5.41) is 3.80. The van der Waals surface area contributed by atoms with Gasteiger partial charge in [0.1, 0.15) is 11.6 Å². The Morgan fingerprint density at radius 1 is 1.11 bits per heavy atom. The Bertz CT molecular complexity index is 542. The molecule has 2 rings (SSSR count). The van der Waals surface area contributed by atoms with Gasteiger partial charge in [-0.2, -0.15) is 0 Å². The lowest BCUT2D eigenvalue weighted by atomic mass is 10.2. The van der Waals surface area contributed by atoms with Crippen LogP contribution in [0.2, 0.25) is 5.02 Å². The molecule has 0 amide bonds. The largest absolute Gasteiger partial charge is 0.497 e. The maximum absolute atomic E-state index is 13.1. The van der Waals surface area contributed by atoms with Gasteiger partial charge in [-0.1, -0.05) is 23.7 Å². The first kappa shape index (κ1) is 13.8. The van der Waals surface area contributed by atoms with Crippen molar-refractivity contribution in [3.63, 3.8) is 0 Å². The zero-order chi connectivity index (χ0) is 13.7. The third-order valence-corrected chi connectivity index (χ3v) is 3.18. The van der Waals surface area contributed by atoms with Crippen LogP contribution in [0.15, 0.2) is 42.5 Å². The average molecular weight is 280 g/mol. The first-order valence-electron chi connectivity index (χ1n) is 5.96. The second-order valence-electron chi connectivity index (χ2n) is 4.19. The minimum atomic E-state index is -0.273. The van der Waals surface area contributed by atoms with Gasteiger partial charge < -0.3 is 10.1 Å². The molecular formula is C15H15ClFNO. The van der Waals surface area contributed by atoms with E-state index in [9.17, 15) is 4.39 Å². The smallest absolute Gasteiger partial charge is 0.123 e. The van der Waals surface area contributed by atoms with Gasteiger partial charge in [-0.3, -0.25) is 0 Å². The molecule has 0 heterocycles. The number of benzene rings is 2. The highest BCUT2D eigenvalue weighted by Gasteiger charge is 2.02. The predicted molar refractivity (Wildman–Crippen MR) is 74.9 cm³/mol. The number of rotatable bonds is 5. The van der Waals surface area contributed by atoms with Gasteiger partial charge in [-0.15, -0.1) is 0 Å². The number of nitrogens with one attached hydrogen (secondary N) is 1. The zero-order valence-corrected chi connectivity index (χ0v) is 11.4. The van der Waals surface area contributed by atoms with Crippen molar-refractivity contribution in [2.45, 2.75) is 13.1 Å².